The summed E-state index contributed by atoms with van der Waals surface area (Å²) in [5.41, 5.74) is 1.60. The van der Waals surface area contributed by atoms with E-state index in [2.05, 4.69) is 0 Å². The van der Waals surface area contributed by atoms with Gasteiger partial charge in [-0.25, -0.2) is 4.39 Å². The van der Waals surface area contributed by atoms with Crippen LogP contribution in [-0.2, 0) is 11.2 Å². The minimum Gasteiger partial charge on any atom is -0.481 e. The van der Waals surface area contributed by atoms with E-state index < -0.39 is 5.97 Å². The van der Waals surface area contributed by atoms with Crippen LogP contribution in [0.15, 0.2) is 18.2 Å². The molecule has 1 N–H and O–H groups in total. The Kier molecular flexibility index (Phi) is 7.18. The van der Waals surface area contributed by atoms with Crippen LogP contribution in [0.5, 0.6) is 0 Å². The Morgan fingerprint density at radius 3 is 2.50 bits per heavy atom. The average Bonchev–Trinajstić information content (AvgIpc) is 2.26. The Balaban J connectivity index is 0.00000106. The summed E-state index contributed by atoms with van der Waals surface area (Å²) in [6.45, 7) is 5.70. The summed E-state index contributed by atoms with van der Waals surface area (Å²) in [5, 5.41) is 8.43. The van der Waals surface area contributed by atoms with Crippen LogP contribution in [0.2, 0.25) is 0 Å². The number of hydrogen-bond acceptors (Lipinski definition) is 1. The molecule has 0 aliphatic rings. The molecule has 0 heterocycles. The Hall–Kier alpha value is -1.38. The number of rotatable bonds is 4. The zero-order valence-corrected chi connectivity index (χ0v) is 10.1. The molecule has 0 unspecified atom stereocenters. The van der Waals surface area contributed by atoms with Gasteiger partial charge in [0, 0.05) is 6.42 Å². The van der Waals surface area contributed by atoms with Crippen LogP contribution in [0, 0.1) is 12.7 Å². The van der Waals surface area contributed by atoms with Crippen LogP contribution in [-0.4, -0.2) is 11.1 Å². The summed E-state index contributed by atoms with van der Waals surface area (Å²) in [4.78, 5) is 10.3. The number of carboxylic acids is 1. The highest BCUT2D eigenvalue weighted by atomic mass is 19.1. The molecule has 0 atom stereocenters. The van der Waals surface area contributed by atoms with Gasteiger partial charge in [-0.15, -0.1) is 0 Å². The molecule has 0 aliphatic carbocycles. The van der Waals surface area contributed by atoms with Gasteiger partial charge in [0.1, 0.15) is 5.82 Å². The third kappa shape index (κ3) is 5.49. The molecular formula is C13H19FO2. The van der Waals surface area contributed by atoms with Crippen molar-refractivity contribution in [1.29, 1.82) is 0 Å². The first-order valence-electron chi connectivity index (χ1n) is 5.56. The lowest BCUT2D eigenvalue weighted by atomic mass is 10.1. The number of carboxylic acid groups (broad SMARTS) is 1. The lowest BCUT2D eigenvalue weighted by Gasteiger charge is -2.02. The maximum Gasteiger partial charge on any atom is 0.303 e. The van der Waals surface area contributed by atoms with E-state index in [1.807, 2.05) is 13.8 Å². The number of aryl methyl sites for hydroxylation is 2. The van der Waals surface area contributed by atoms with Crippen molar-refractivity contribution in [3.8, 4) is 0 Å². The smallest absolute Gasteiger partial charge is 0.303 e. The molecule has 0 bridgehead atoms. The molecule has 90 valence electrons. The molecule has 0 saturated heterocycles. The minimum absolute atomic E-state index is 0.163. The fraction of sp³-hybridized carbons (Fsp3) is 0.462. The second kappa shape index (κ2) is 7.85. The zero-order valence-electron chi connectivity index (χ0n) is 10.1. The quantitative estimate of drug-likeness (QED) is 0.852. The van der Waals surface area contributed by atoms with Gasteiger partial charge in [-0.1, -0.05) is 26.0 Å². The van der Waals surface area contributed by atoms with Crippen molar-refractivity contribution in [3.05, 3.63) is 35.1 Å². The Bertz CT molecular complexity index is 335. The fourth-order valence-corrected chi connectivity index (χ4v) is 1.31. The summed E-state index contributed by atoms with van der Waals surface area (Å²) in [7, 11) is 0. The van der Waals surface area contributed by atoms with Crippen molar-refractivity contribution in [1.82, 2.24) is 0 Å². The lowest BCUT2D eigenvalue weighted by molar-refractivity contribution is -0.137. The molecule has 1 aromatic carbocycles. The number of halogens is 1. The summed E-state index contributed by atoms with van der Waals surface area (Å²) in [5.74, 6) is -1.00. The van der Waals surface area contributed by atoms with Gasteiger partial charge in [0.05, 0.1) is 0 Å². The predicted octanol–water partition coefficient (Wildman–Crippen LogP) is 3.57. The topological polar surface area (TPSA) is 37.3 Å². The zero-order chi connectivity index (χ0) is 12.6. The molecule has 0 fully saturated rings. The van der Waals surface area contributed by atoms with Crippen molar-refractivity contribution in [2.75, 3.05) is 0 Å². The van der Waals surface area contributed by atoms with Gasteiger partial charge < -0.3 is 5.11 Å². The van der Waals surface area contributed by atoms with Gasteiger partial charge >= 0.3 is 5.97 Å². The highest BCUT2D eigenvalue weighted by Crippen LogP contribution is 2.11. The van der Waals surface area contributed by atoms with Gasteiger partial charge in [-0.3, -0.25) is 4.79 Å². The van der Waals surface area contributed by atoms with E-state index in [1.165, 1.54) is 6.07 Å². The van der Waals surface area contributed by atoms with Crippen molar-refractivity contribution in [2.45, 2.75) is 40.0 Å². The first-order chi connectivity index (χ1) is 7.59. The number of benzene rings is 1. The molecule has 0 radical (unpaired) electrons. The molecule has 0 spiro atoms. The van der Waals surface area contributed by atoms with Crippen LogP contribution in [0.4, 0.5) is 4.39 Å². The van der Waals surface area contributed by atoms with Gasteiger partial charge in [-0.05, 0) is 37.0 Å². The van der Waals surface area contributed by atoms with E-state index in [0.29, 0.717) is 18.4 Å². The molecule has 0 aromatic heterocycles. The first-order valence-corrected chi connectivity index (χ1v) is 5.56. The Morgan fingerprint density at radius 1 is 1.38 bits per heavy atom. The molecule has 3 heteroatoms. The van der Waals surface area contributed by atoms with Gasteiger partial charge in [0.2, 0.25) is 0 Å². The van der Waals surface area contributed by atoms with Crippen molar-refractivity contribution in [3.63, 3.8) is 0 Å². The van der Waals surface area contributed by atoms with Gasteiger partial charge in [0.15, 0.2) is 0 Å². The molecule has 16 heavy (non-hydrogen) atoms. The van der Waals surface area contributed by atoms with Gasteiger partial charge in [0.25, 0.3) is 0 Å². The summed E-state index contributed by atoms with van der Waals surface area (Å²) < 4.78 is 12.9. The van der Waals surface area contributed by atoms with E-state index in [0.717, 1.165) is 5.56 Å². The first kappa shape index (κ1) is 14.6. The Labute approximate surface area is 96.1 Å². The highest BCUT2D eigenvalue weighted by molar-refractivity contribution is 5.66. The van der Waals surface area contributed by atoms with Crippen LogP contribution >= 0.6 is 0 Å². The molecule has 0 saturated carbocycles. The maximum absolute atomic E-state index is 12.9. The summed E-state index contributed by atoms with van der Waals surface area (Å²) in [6.07, 6.45) is 1.45. The number of hydrogen-bond donors (Lipinski definition) is 1. The number of aliphatic carboxylic acids is 1. The standard InChI is InChI=1S/C11H13FO2.C2H6/c1-8-7-9(5-6-10(8)12)3-2-4-11(13)14;1-2/h5-7H,2-4H2,1H3,(H,13,14);1-2H3. The van der Waals surface area contributed by atoms with Crippen LogP contribution in [0.1, 0.15) is 37.8 Å². The molecule has 1 aromatic rings. The largest absolute Gasteiger partial charge is 0.481 e. The van der Waals surface area contributed by atoms with Crippen molar-refractivity contribution >= 4 is 5.97 Å². The molecule has 1 rings (SSSR count). The SMILES string of the molecule is CC.Cc1cc(CCCC(=O)O)ccc1F. The van der Waals surface area contributed by atoms with Crippen LogP contribution in [0.3, 0.4) is 0 Å². The van der Waals surface area contributed by atoms with Crippen molar-refractivity contribution < 1.29 is 14.3 Å². The minimum atomic E-state index is -0.788. The summed E-state index contributed by atoms with van der Waals surface area (Å²) in [6, 6.07) is 4.88. The van der Waals surface area contributed by atoms with Gasteiger partial charge in [-0.2, -0.15) is 0 Å². The molecular weight excluding hydrogens is 207 g/mol. The molecule has 0 aliphatic heterocycles. The molecule has 2 nitrogen and oxygen atoms in total. The van der Waals surface area contributed by atoms with Crippen LogP contribution < -0.4 is 0 Å². The fourth-order valence-electron chi connectivity index (χ4n) is 1.31. The van der Waals surface area contributed by atoms with Crippen LogP contribution in [0.25, 0.3) is 0 Å². The molecule has 0 amide bonds. The normalized spacial score (nSPS) is 9.25. The lowest BCUT2D eigenvalue weighted by Crippen LogP contribution is -1.96. The van der Waals surface area contributed by atoms with E-state index >= 15 is 0 Å². The second-order valence-electron chi connectivity index (χ2n) is 3.33. The van der Waals surface area contributed by atoms with E-state index in [-0.39, 0.29) is 12.2 Å². The second-order valence-corrected chi connectivity index (χ2v) is 3.33. The number of carbonyl (C=O) groups is 1. The maximum atomic E-state index is 12.9. The van der Waals surface area contributed by atoms with E-state index in [4.69, 9.17) is 5.11 Å². The Morgan fingerprint density at radius 2 is 2.00 bits per heavy atom. The highest BCUT2D eigenvalue weighted by Gasteiger charge is 2.01. The van der Waals surface area contributed by atoms with Crippen molar-refractivity contribution in [2.24, 2.45) is 0 Å². The monoisotopic (exact) mass is 226 g/mol. The third-order valence-corrected chi connectivity index (χ3v) is 2.08. The predicted molar refractivity (Wildman–Crippen MR) is 63.1 cm³/mol. The van der Waals surface area contributed by atoms with E-state index in [1.54, 1.807) is 19.1 Å². The van der Waals surface area contributed by atoms with E-state index in [9.17, 15) is 9.18 Å². The summed E-state index contributed by atoms with van der Waals surface area (Å²) >= 11 is 0. The third-order valence-electron chi connectivity index (χ3n) is 2.08. The average molecular weight is 226 g/mol.